The summed E-state index contributed by atoms with van der Waals surface area (Å²) < 4.78 is 14.0. The van der Waals surface area contributed by atoms with Crippen LogP contribution in [0.25, 0.3) is 0 Å². The van der Waals surface area contributed by atoms with Crippen LogP contribution in [-0.4, -0.2) is 6.54 Å². The van der Waals surface area contributed by atoms with E-state index in [1.165, 1.54) is 6.07 Å². The average Bonchev–Trinajstić information content (AvgIpc) is 2.36. The average molecular weight is 323 g/mol. The molecule has 0 spiro atoms. The fraction of sp³-hybridized carbons (Fsp3) is 0.200. The molecule has 4 heteroatoms. The Morgan fingerprint density at radius 1 is 1.21 bits per heavy atom. The molecule has 3 N–H and O–H groups in total. The molecule has 2 aromatic carbocycles. The van der Waals surface area contributed by atoms with Gasteiger partial charge >= 0.3 is 0 Å². The minimum atomic E-state index is -0.189. The van der Waals surface area contributed by atoms with Gasteiger partial charge in [-0.3, -0.25) is 0 Å². The van der Waals surface area contributed by atoms with Gasteiger partial charge in [0.05, 0.1) is 11.4 Å². The van der Waals surface area contributed by atoms with Crippen LogP contribution >= 0.6 is 15.9 Å². The lowest BCUT2D eigenvalue weighted by molar-refractivity contribution is 0.625. The number of nitrogens with one attached hydrogen (secondary N) is 1. The number of nitrogen functional groups attached to an aromatic ring is 1. The summed E-state index contributed by atoms with van der Waals surface area (Å²) in [6, 6.07) is 10.6. The van der Waals surface area contributed by atoms with Crippen LogP contribution in [0, 0.1) is 12.7 Å². The Bertz CT molecular complexity index is 584. The third-order valence-corrected chi connectivity index (χ3v) is 3.52. The number of hydrogen-bond donors (Lipinski definition) is 2. The SMILES string of the molecule is Cc1cc(F)ccc1CCNc1cc(Br)ccc1N. The van der Waals surface area contributed by atoms with Crippen LogP contribution < -0.4 is 11.1 Å². The first kappa shape index (κ1) is 13.9. The van der Waals surface area contributed by atoms with Crippen LogP contribution in [0.4, 0.5) is 15.8 Å². The maximum absolute atomic E-state index is 13.0. The van der Waals surface area contributed by atoms with Crippen molar-refractivity contribution in [1.29, 1.82) is 0 Å². The number of halogens is 2. The normalized spacial score (nSPS) is 10.5. The van der Waals surface area contributed by atoms with E-state index in [0.29, 0.717) is 0 Å². The Hall–Kier alpha value is -1.55. The van der Waals surface area contributed by atoms with Crippen molar-refractivity contribution in [1.82, 2.24) is 0 Å². The molecular formula is C15H16BrFN2. The number of hydrogen-bond acceptors (Lipinski definition) is 2. The fourth-order valence-corrected chi connectivity index (χ4v) is 2.31. The lowest BCUT2D eigenvalue weighted by Crippen LogP contribution is -2.07. The summed E-state index contributed by atoms with van der Waals surface area (Å²) in [6.45, 7) is 2.68. The molecule has 100 valence electrons. The molecule has 0 aliphatic heterocycles. The molecule has 0 atom stereocenters. The molecule has 0 heterocycles. The van der Waals surface area contributed by atoms with Gasteiger partial charge in [0.2, 0.25) is 0 Å². The second kappa shape index (κ2) is 6.06. The predicted octanol–water partition coefficient (Wildman–Crippen LogP) is 4.13. The van der Waals surface area contributed by atoms with Gasteiger partial charge in [-0.1, -0.05) is 22.0 Å². The highest BCUT2D eigenvalue weighted by Gasteiger charge is 2.02. The lowest BCUT2D eigenvalue weighted by Gasteiger charge is -2.11. The van der Waals surface area contributed by atoms with Gasteiger partial charge in [0.15, 0.2) is 0 Å². The zero-order chi connectivity index (χ0) is 13.8. The van der Waals surface area contributed by atoms with Gasteiger partial charge in [-0.2, -0.15) is 0 Å². The minimum absolute atomic E-state index is 0.189. The number of nitrogens with two attached hydrogens (primary N) is 1. The summed E-state index contributed by atoms with van der Waals surface area (Å²) in [5.41, 5.74) is 9.64. The van der Waals surface area contributed by atoms with Crippen molar-refractivity contribution in [2.45, 2.75) is 13.3 Å². The van der Waals surface area contributed by atoms with Crippen molar-refractivity contribution in [3.8, 4) is 0 Å². The first-order valence-corrected chi connectivity index (χ1v) is 6.89. The largest absolute Gasteiger partial charge is 0.397 e. The van der Waals surface area contributed by atoms with Crippen molar-refractivity contribution in [2.75, 3.05) is 17.6 Å². The Balaban J connectivity index is 1.98. The maximum atomic E-state index is 13.0. The van der Waals surface area contributed by atoms with Gasteiger partial charge in [0, 0.05) is 11.0 Å². The maximum Gasteiger partial charge on any atom is 0.123 e. The molecule has 2 rings (SSSR count). The molecule has 2 nitrogen and oxygen atoms in total. The summed E-state index contributed by atoms with van der Waals surface area (Å²) in [7, 11) is 0. The smallest absolute Gasteiger partial charge is 0.123 e. The topological polar surface area (TPSA) is 38.0 Å². The van der Waals surface area contributed by atoms with E-state index >= 15 is 0 Å². The second-order valence-electron chi connectivity index (χ2n) is 4.48. The third kappa shape index (κ3) is 3.70. The van der Waals surface area contributed by atoms with Crippen LogP contribution in [0.2, 0.25) is 0 Å². The first-order valence-electron chi connectivity index (χ1n) is 6.10. The van der Waals surface area contributed by atoms with E-state index in [1.807, 2.05) is 31.2 Å². The summed E-state index contributed by atoms with van der Waals surface area (Å²) in [6.07, 6.45) is 0.831. The van der Waals surface area contributed by atoms with Crippen LogP contribution in [0.5, 0.6) is 0 Å². The zero-order valence-electron chi connectivity index (χ0n) is 10.7. The summed E-state index contributed by atoms with van der Waals surface area (Å²) >= 11 is 3.42. The zero-order valence-corrected chi connectivity index (χ0v) is 12.3. The summed E-state index contributed by atoms with van der Waals surface area (Å²) in [5, 5.41) is 3.30. The van der Waals surface area contributed by atoms with Crippen LogP contribution in [-0.2, 0) is 6.42 Å². The lowest BCUT2D eigenvalue weighted by atomic mass is 10.1. The summed E-state index contributed by atoms with van der Waals surface area (Å²) in [5.74, 6) is -0.189. The van der Waals surface area contributed by atoms with Gasteiger partial charge in [-0.05, 0) is 54.8 Å². The van der Waals surface area contributed by atoms with Gasteiger partial charge < -0.3 is 11.1 Å². The van der Waals surface area contributed by atoms with Crippen molar-refractivity contribution in [2.24, 2.45) is 0 Å². The van der Waals surface area contributed by atoms with E-state index in [-0.39, 0.29) is 5.82 Å². The Morgan fingerprint density at radius 2 is 2.00 bits per heavy atom. The van der Waals surface area contributed by atoms with E-state index in [9.17, 15) is 4.39 Å². The van der Waals surface area contributed by atoms with Gasteiger partial charge in [-0.25, -0.2) is 4.39 Å². The minimum Gasteiger partial charge on any atom is -0.397 e. The molecule has 0 radical (unpaired) electrons. The molecule has 0 unspecified atom stereocenters. The predicted molar refractivity (Wildman–Crippen MR) is 81.9 cm³/mol. The van der Waals surface area contributed by atoms with E-state index in [0.717, 1.165) is 39.9 Å². The van der Waals surface area contributed by atoms with Crippen LogP contribution in [0.3, 0.4) is 0 Å². The molecule has 0 aromatic heterocycles. The number of anilines is 2. The summed E-state index contributed by atoms with van der Waals surface area (Å²) in [4.78, 5) is 0. The monoisotopic (exact) mass is 322 g/mol. The number of rotatable bonds is 4. The van der Waals surface area contributed by atoms with E-state index in [1.54, 1.807) is 6.07 Å². The van der Waals surface area contributed by atoms with Gasteiger partial charge in [-0.15, -0.1) is 0 Å². The van der Waals surface area contributed by atoms with E-state index in [4.69, 9.17) is 5.73 Å². The molecule has 0 saturated carbocycles. The Kier molecular flexibility index (Phi) is 4.43. The van der Waals surface area contributed by atoms with Crippen LogP contribution in [0.15, 0.2) is 40.9 Å². The molecular weight excluding hydrogens is 307 g/mol. The number of aryl methyl sites for hydroxylation is 1. The van der Waals surface area contributed by atoms with Crippen molar-refractivity contribution in [3.63, 3.8) is 0 Å². The second-order valence-corrected chi connectivity index (χ2v) is 5.39. The van der Waals surface area contributed by atoms with Gasteiger partial charge in [0.1, 0.15) is 5.82 Å². The fourth-order valence-electron chi connectivity index (χ4n) is 1.95. The molecule has 0 aliphatic rings. The quantitative estimate of drug-likeness (QED) is 0.830. The molecule has 0 fully saturated rings. The number of benzene rings is 2. The molecule has 0 amide bonds. The standard InChI is InChI=1S/C15H16BrFN2/c1-10-8-13(17)4-2-11(10)6-7-19-15-9-12(16)3-5-14(15)18/h2-5,8-9,19H,6-7,18H2,1H3. The van der Waals surface area contributed by atoms with E-state index in [2.05, 4.69) is 21.2 Å². The molecule has 2 aromatic rings. The Morgan fingerprint density at radius 3 is 2.74 bits per heavy atom. The third-order valence-electron chi connectivity index (χ3n) is 3.03. The molecule has 0 aliphatic carbocycles. The van der Waals surface area contributed by atoms with Crippen molar-refractivity contribution < 1.29 is 4.39 Å². The molecule has 19 heavy (non-hydrogen) atoms. The highest BCUT2D eigenvalue weighted by molar-refractivity contribution is 9.10. The Labute approximate surface area is 121 Å². The molecule has 0 saturated heterocycles. The van der Waals surface area contributed by atoms with Crippen molar-refractivity contribution in [3.05, 3.63) is 57.8 Å². The van der Waals surface area contributed by atoms with Crippen LogP contribution in [0.1, 0.15) is 11.1 Å². The first-order chi connectivity index (χ1) is 9.06. The van der Waals surface area contributed by atoms with Gasteiger partial charge in [0.25, 0.3) is 0 Å². The highest BCUT2D eigenvalue weighted by atomic mass is 79.9. The van der Waals surface area contributed by atoms with Crippen molar-refractivity contribution >= 4 is 27.3 Å². The molecule has 0 bridgehead atoms. The highest BCUT2D eigenvalue weighted by Crippen LogP contribution is 2.23. The van der Waals surface area contributed by atoms with E-state index < -0.39 is 0 Å².